The molecule has 0 aromatic heterocycles. The fraction of sp³-hybridized carbons (Fsp3) is 0.833. The zero-order valence-corrected chi connectivity index (χ0v) is 10.2. The van der Waals surface area contributed by atoms with Crippen LogP contribution < -0.4 is 0 Å². The van der Waals surface area contributed by atoms with Crippen LogP contribution in [0.3, 0.4) is 0 Å². The molecule has 1 saturated carbocycles. The molecule has 0 radical (unpaired) electrons. The van der Waals surface area contributed by atoms with Crippen molar-refractivity contribution in [3.8, 4) is 6.07 Å². The highest BCUT2D eigenvalue weighted by Crippen LogP contribution is 2.37. The minimum atomic E-state index is -0.518. The molecular formula is C12H17ClN2O. The van der Waals surface area contributed by atoms with Crippen LogP contribution in [0.15, 0.2) is 0 Å². The van der Waals surface area contributed by atoms with Crippen LogP contribution >= 0.6 is 11.6 Å². The van der Waals surface area contributed by atoms with Crippen LogP contribution in [-0.4, -0.2) is 28.8 Å². The molecule has 2 fully saturated rings. The second kappa shape index (κ2) is 4.63. The van der Waals surface area contributed by atoms with Gasteiger partial charge in [0.15, 0.2) is 0 Å². The molecule has 16 heavy (non-hydrogen) atoms. The molecule has 3 nitrogen and oxygen atoms in total. The standard InChI is InChI=1S/C12H17ClN2O/c13-7-10-6-11(16)15(8-10)12(9-14)4-2-1-3-5-12/h10H,1-8H2. The summed E-state index contributed by atoms with van der Waals surface area (Å²) in [6.45, 7) is 0.676. The van der Waals surface area contributed by atoms with E-state index in [-0.39, 0.29) is 11.8 Å². The van der Waals surface area contributed by atoms with Crippen molar-refractivity contribution in [3.05, 3.63) is 0 Å². The fourth-order valence-corrected chi connectivity index (χ4v) is 3.08. The largest absolute Gasteiger partial charge is 0.324 e. The second-order valence-corrected chi connectivity index (χ2v) is 5.24. The quantitative estimate of drug-likeness (QED) is 0.696. The number of rotatable bonds is 2. The molecule has 1 unspecified atom stereocenters. The summed E-state index contributed by atoms with van der Waals surface area (Å²) in [5, 5.41) is 9.40. The molecular weight excluding hydrogens is 224 g/mol. The molecule has 0 N–H and O–H groups in total. The summed E-state index contributed by atoms with van der Waals surface area (Å²) in [5.74, 6) is 0.874. The van der Waals surface area contributed by atoms with E-state index >= 15 is 0 Å². The van der Waals surface area contributed by atoms with Crippen molar-refractivity contribution in [2.45, 2.75) is 44.1 Å². The van der Waals surface area contributed by atoms with E-state index in [1.165, 1.54) is 6.42 Å². The molecule has 2 rings (SSSR count). The van der Waals surface area contributed by atoms with E-state index in [4.69, 9.17) is 11.6 Å². The van der Waals surface area contributed by atoms with Gasteiger partial charge < -0.3 is 4.90 Å². The first-order chi connectivity index (χ1) is 7.72. The predicted octanol–water partition coefficient (Wildman–Crippen LogP) is 2.30. The highest BCUT2D eigenvalue weighted by molar-refractivity contribution is 6.18. The van der Waals surface area contributed by atoms with Gasteiger partial charge in [-0.15, -0.1) is 11.6 Å². The Balaban J connectivity index is 2.16. The first-order valence-corrected chi connectivity index (χ1v) is 6.53. The molecule has 0 bridgehead atoms. The van der Waals surface area contributed by atoms with Gasteiger partial charge in [0.05, 0.1) is 6.07 Å². The van der Waals surface area contributed by atoms with Crippen molar-refractivity contribution in [2.24, 2.45) is 5.92 Å². The minimum absolute atomic E-state index is 0.120. The van der Waals surface area contributed by atoms with Crippen molar-refractivity contribution in [2.75, 3.05) is 12.4 Å². The summed E-state index contributed by atoms with van der Waals surface area (Å²) < 4.78 is 0. The van der Waals surface area contributed by atoms with Crippen molar-refractivity contribution in [1.29, 1.82) is 5.26 Å². The lowest BCUT2D eigenvalue weighted by molar-refractivity contribution is -0.132. The summed E-state index contributed by atoms with van der Waals surface area (Å²) in [6.07, 6.45) is 5.50. The number of likely N-dealkylation sites (tertiary alicyclic amines) is 1. The summed E-state index contributed by atoms with van der Waals surface area (Å²) in [4.78, 5) is 13.7. The smallest absolute Gasteiger partial charge is 0.224 e. The number of nitrogens with zero attached hydrogens (tertiary/aromatic N) is 2. The van der Waals surface area contributed by atoms with Crippen LogP contribution in [-0.2, 0) is 4.79 Å². The summed E-state index contributed by atoms with van der Waals surface area (Å²) in [6, 6.07) is 2.40. The lowest BCUT2D eigenvalue weighted by Crippen LogP contribution is -2.49. The van der Waals surface area contributed by atoms with E-state index in [0.717, 1.165) is 25.7 Å². The number of halogens is 1. The lowest BCUT2D eigenvalue weighted by atomic mass is 9.81. The van der Waals surface area contributed by atoms with Gasteiger partial charge >= 0.3 is 0 Å². The molecule has 0 aromatic rings. The Kier molecular flexibility index (Phi) is 3.39. The van der Waals surface area contributed by atoms with Crippen LogP contribution in [0.2, 0.25) is 0 Å². The van der Waals surface area contributed by atoms with Gasteiger partial charge in [0.1, 0.15) is 5.54 Å². The molecule has 0 aromatic carbocycles. The molecule has 88 valence electrons. The van der Waals surface area contributed by atoms with E-state index < -0.39 is 5.54 Å². The maximum Gasteiger partial charge on any atom is 0.224 e. The Morgan fingerprint density at radius 1 is 1.44 bits per heavy atom. The SMILES string of the molecule is N#CC1(N2CC(CCl)CC2=O)CCCCC1. The zero-order valence-electron chi connectivity index (χ0n) is 9.41. The molecule has 1 saturated heterocycles. The van der Waals surface area contributed by atoms with Gasteiger partial charge in [0, 0.05) is 18.8 Å². The monoisotopic (exact) mass is 240 g/mol. The molecule has 2 aliphatic rings. The Bertz CT molecular complexity index is 317. The van der Waals surface area contributed by atoms with E-state index in [1.54, 1.807) is 4.90 Å². The topological polar surface area (TPSA) is 44.1 Å². The number of nitriles is 1. The third-order valence-electron chi connectivity index (χ3n) is 3.83. The van der Waals surface area contributed by atoms with Crippen LogP contribution in [0.4, 0.5) is 0 Å². The van der Waals surface area contributed by atoms with Gasteiger partial charge in [-0.2, -0.15) is 5.26 Å². The minimum Gasteiger partial charge on any atom is -0.324 e. The van der Waals surface area contributed by atoms with Gasteiger partial charge in [-0.1, -0.05) is 19.3 Å². The molecule has 4 heteroatoms. The molecule has 1 heterocycles. The van der Waals surface area contributed by atoms with Gasteiger partial charge in [0.25, 0.3) is 0 Å². The number of carbonyl (C=O) groups is 1. The van der Waals surface area contributed by atoms with Crippen LogP contribution in [0.5, 0.6) is 0 Å². The Morgan fingerprint density at radius 2 is 2.12 bits per heavy atom. The maximum absolute atomic E-state index is 11.9. The first-order valence-electron chi connectivity index (χ1n) is 5.99. The normalized spacial score (nSPS) is 29.1. The second-order valence-electron chi connectivity index (χ2n) is 4.93. The molecule has 1 aliphatic heterocycles. The predicted molar refractivity (Wildman–Crippen MR) is 62.0 cm³/mol. The summed E-state index contributed by atoms with van der Waals surface area (Å²) >= 11 is 5.80. The van der Waals surface area contributed by atoms with Crippen LogP contribution in [0.1, 0.15) is 38.5 Å². The van der Waals surface area contributed by atoms with E-state index in [9.17, 15) is 10.1 Å². The molecule has 1 amide bonds. The van der Waals surface area contributed by atoms with Gasteiger partial charge in [0.2, 0.25) is 5.91 Å². The molecule has 1 atom stereocenters. The average Bonchev–Trinajstić information content (AvgIpc) is 2.72. The average molecular weight is 241 g/mol. The Hall–Kier alpha value is -0.750. The zero-order chi connectivity index (χ0) is 11.6. The molecule has 1 aliphatic carbocycles. The van der Waals surface area contributed by atoms with E-state index in [2.05, 4.69) is 6.07 Å². The third kappa shape index (κ3) is 1.91. The van der Waals surface area contributed by atoms with Gasteiger partial charge in [-0.05, 0) is 18.8 Å². The third-order valence-corrected chi connectivity index (χ3v) is 4.27. The van der Waals surface area contributed by atoms with Crippen molar-refractivity contribution in [3.63, 3.8) is 0 Å². The van der Waals surface area contributed by atoms with E-state index in [0.29, 0.717) is 18.8 Å². The Morgan fingerprint density at radius 3 is 2.62 bits per heavy atom. The van der Waals surface area contributed by atoms with Crippen LogP contribution in [0, 0.1) is 17.2 Å². The molecule has 0 spiro atoms. The number of hydrogen-bond donors (Lipinski definition) is 0. The number of alkyl halides is 1. The first kappa shape index (κ1) is 11.7. The summed E-state index contributed by atoms with van der Waals surface area (Å²) in [5.41, 5.74) is -0.518. The van der Waals surface area contributed by atoms with Gasteiger partial charge in [-0.25, -0.2) is 0 Å². The van der Waals surface area contributed by atoms with Crippen molar-refractivity contribution >= 4 is 17.5 Å². The highest BCUT2D eigenvalue weighted by atomic mass is 35.5. The van der Waals surface area contributed by atoms with Gasteiger partial charge in [-0.3, -0.25) is 4.79 Å². The fourth-order valence-electron chi connectivity index (χ4n) is 2.88. The number of hydrogen-bond acceptors (Lipinski definition) is 2. The highest BCUT2D eigenvalue weighted by Gasteiger charge is 2.45. The van der Waals surface area contributed by atoms with E-state index in [1.807, 2.05) is 0 Å². The lowest BCUT2D eigenvalue weighted by Gasteiger charge is -2.39. The maximum atomic E-state index is 11.9. The van der Waals surface area contributed by atoms with Crippen molar-refractivity contribution in [1.82, 2.24) is 4.90 Å². The summed E-state index contributed by atoms with van der Waals surface area (Å²) in [7, 11) is 0. The number of amides is 1. The Labute approximate surface area is 101 Å². The number of carbonyl (C=O) groups excluding carboxylic acids is 1. The van der Waals surface area contributed by atoms with Crippen LogP contribution in [0.25, 0.3) is 0 Å². The van der Waals surface area contributed by atoms with Crippen molar-refractivity contribution < 1.29 is 4.79 Å².